The molecule has 5 heteroatoms. The summed E-state index contributed by atoms with van der Waals surface area (Å²) in [5, 5.41) is 3.09. The van der Waals surface area contributed by atoms with E-state index < -0.39 is 0 Å². The Morgan fingerprint density at radius 1 is 1.53 bits per heavy atom. The molecule has 1 saturated carbocycles. The Kier molecular flexibility index (Phi) is 4.45. The fourth-order valence-electron chi connectivity index (χ4n) is 2.98. The monoisotopic (exact) mass is 269 g/mol. The van der Waals surface area contributed by atoms with E-state index in [1.54, 1.807) is 0 Å². The molecule has 0 radical (unpaired) electrons. The summed E-state index contributed by atoms with van der Waals surface area (Å²) in [6.45, 7) is 3.95. The number of ether oxygens (including phenoxy) is 2. The minimum atomic E-state index is -0.256. The van der Waals surface area contributed by atoms with Gasteiger partial charge in [-0.3, -0.25) is 9.59 Å². The van der Waals surface area contributed by atoms with Crippen LogP contribution in [-0.4, -0.2) is 37.2 Å². The maximum atomic E-state index is 12.2. The fourth-order valence-corrected chi connectivity index (χ4v) is 2.98. The lowest BCUT2D eigenvalue weighted by atomic mass is 9.88. The molecule has 5 atom stereocenters. The van der Waals surface area contributed by atoms with Crippen LogP contribution in [0, 0.1) is 11.8 Å². The van der Waals surface area contributed by atoms with Gasteiger partial charge in [0.2, 0.25) is 0 Å². The van der Waals surface area contributed by atoms with E-state index in [1.165, 1.54) is 0 Å². The molecule has 1 N–H and O–H groups in total. The van der Waals surface area contributed by atoms with Gasteiger partial charge >= 0.3 is 11.9 Å². The lowest BCUT2D eigenvalue weighted by molar-refractivity contribution is -0.165. The van der Waals surface area contributed by atoms with Gasteiger partial charge < -0.3 is 14.8 Å². The third-order valence-corrected chi connectivity index (χ3v) is 4.40. The summed E-state index contributed by atoms with van der Waals surface area (Å²) in [5.74, 6) is -0.437. The minimum absolute atomic E-state index is 0.0261. The van der Waals surface area contributed by atoms with Crippen LogP contribution in [0.15, 0.2) is 0 Å². The molecule has 19 heavy (non-hydrogen) atoms. The molecule has 2 fully saturated rings. The molecule has 1 aliphatic carbocycles. The van der Waals surface area contributed by atoms with Crippen molar-refractivity contribution in [3.63, 3.8) is 0 Å². The van der Waals surface area contributed by atoms with Crippen LogP contribution in [0.1, 0.15) is 39.5 Å². The second kappa shape index (κ2) is 5.90. The van der Waals surface area contributed by atoms with E-state index in [2.05, 4.69) is 5.32 Å². The predicted octanol–water partition coefficient (Wildman–Crippen LogP) is 1.26. The van der Waals surface area contributed by atoms with Gasteiger partial charge in [-0.15, -0.1) is 0 Å². The average molecular weight is 269 g/mol. The molecule has 0 aromatic heterocycles. The number of hydrogen-bond acceptors (Lipinski definition) is 5. The Bertz CT molecular complexity index is 357. The molecular formula is C14H23NO4. The molecule has 1 saturated heterocycles. The third-order valence-electron chi connectivity index (χ3n) is 4.40. The quantitative estimate of drug-likeness (QED) is 0.761. The highest BCUT2D eigenvalue weighted by molar-refractivity contribution is 5.76. The molecular weight excluding hydrogens is 246 g/mol. The highest BCUT2D eigenvalue weighted by Gasteiger charge is 2.45. The normalized spacial score (nSPS) is 32.6. The predicted molar refractivity (Wildman–Crippen MR) is 69.4 cm³/mol. The number of carbonyl (C=O) groups is 2. The molecule has 1 aliphatic heterocycles. The van der Waals surface area contributed by atoms with E-state index in [1.807, 2.05) is 20.9 Å². The molecule has 108 valence electrons. The van der Waals surface area contributed by atoms with E-state index in [4.69, 9.17) is 9.47 Å². The Hall–Kier alpha value is -1.10. The molecule has 2 rings (SSSR count). The summed E-state index contributed by atoms with van der Waals surface area (Å²) < 4.78 is 10.9. The van der Waals surface area contributed by atoms with E-state index >= 15 is 0 Å². The first kappa shape index (κ1) is 14.3. The SMILES string of the molecule is CCC(C(=O)OC1CCC2CC1OC2=O)C(C)NC. The van der Waals surface area contributed by atoms with Crippen molar-refractivity contribution in [2.45, 2.75) is 57.8 Å². The van der Waals surface area contributed by atoms with Crippen molar-refractivity contribution in [2.75, 3.05) is 7.05 Å². The molecule has 0 spiro atoms. The van der Waals surface area contributed by atoms with E-state index in [-0.39, 0.29) is 42.0 Å². The summed E-state index contributed by atoms with van der Waals surface area (Å²) in [7, 11) is 1.84. The van der Waals surface area contributed by atoms with Crippen molar-refractivity contribution < 1.29 is 19.1 Å². The molecule has 0 aromatic carbocycles. The number of carbonyl (C=O) groups excluding carboxylic acids is 2. The lowest BCUT2D eigenvalue weighted by Crippen LogP contribution is -2.40. The lowest BCUT2D eigenvalue weighted by Gasteiger charge is -2.28. The number of fused-ring (bicyclic) bond motifs is 2. The van der Waals surface area contributed by atoms with Crippen LogP contribution in [0.5, 0.6) is 0 Å². The largest absolute Gasteiger partial charge is 0.458 e. The van der Waals surface area contributed by atoms with Gasteiger partial charge in [0.25, 0.3) is 0 Å². The fraction of sp³-hybridized carbons (Fsp3) is 0.857. The van der Waals surface area contributed by atoms with Gasteiger partial charge in [0.15, 0.2) is 0 Å². The van der Waals surface area contributed by atoms with Crippen LogP contribution in [0.4, 0.5) is 0 Å². The zero-order valence-electron chi connectivity index (χ0n) is 11.8. The summed E-state index contributed by atoms with van der Waals surface area (Å²) in [4.78, 5) is 23.7. The first-order chi connectivity index (χ1) is 9.06. The van der Waals surface area contributed by atoms with Gasteiger partial charge in [-0.05, 0) is 33.2 Å². The molecule has 1 heterocycles. The summed E-state index contributed by atoms with van der Waals surface area (Å²) in [6.07, 6.45) is 2.46. The second-order valence-electron chi connectivity index (χ2n) is 5.55. The van der Waals surface area contributed by atoms with Crippen LogP contribution in [0.25, 0.3) is 0 Å². The molecule has 2 aliphatic rings. The smallest absolute Gasteiger partial charge is 0.310 e. The maximum absolute atomic E-state index is 12.2. The molecule has 0 aromatic rings. The van der Waals surface area contributed by atoms with E-state index in [9.17, 15) is 9.59 Å². The van der Waals surface area contributed by atoms with Crippen molar-refractivity contribution in [2.24, 2.45) is 11.8 Å². The first-order valence-electron chi connectivity index (χ1n) is 7.15. The number of esters is 2. The number of hydrogen-bond donors (Lipinski definition) is 1. The Labute approximate surface area is 114 Å². The highest BCUT2D eigenvalue weighted by atomic mass is 16.6. The van der Waals surface area contributed by atoms with Crippen LogP contribution in [0.2, 0.25) is 0 Å². The molecule has 5 nitrogen and oxygen atoms in total. The summed E-state index contributed by atoms with van der Waals surface area (Å²) in [5.41, 5.74) is 0. The van der Waals surface area contributed by atoms with Crippen molar-refractivity contribution in [1.82, 2.24) is 5.32 Å². The zero-order chi connectivity index (χ0) is 14.0. The Balaban J connectivity index is 1.93. The standard InChI is InChI=1S/C14H23NO4/c1-4-10(8(2)15-3)14(17)18-11-6-5-9-7-12(11)19-13(9)16/h8-12,15H,4-7H2,1-3H3. The van der Waals surface area contributed by atoms with Gasteiger partial charge in [0, 0.05) is 12.5 Å². The molecule has 0 amide bonds. The first-order valence-corrected chi connectivity index (χ1v) is 7.15. The van der Waals surface area contributed by atoms with Crippen LogP contribution in [-0.2, 0) is 19.1 Å². The minimum Gasteiger partial charge on any atom is -0.458 e. The van der Waals surface area contributed by atoms with Crippen LogP contribution >= 0.6 is 0 Å². The van der Waals surface area contributed by atoms with Gasteiger partial charge in [-0.2, -0.15) is 0 Å². The summed E-state index contributed by atoms with van der Waals surface area (Å²) >= 11 is 0. The summed E-state index contributed by atoms with van der Waals surface area (Å²) in [6, 6.07) is 0.0833. The zero-order valence-corrected chi connectivity index (χ0v) is 11.8. The van der Waals surface area contributed by atoms with Crippen molar-refractivity contribution in [1.29, 1.82) is 0 Å². The number of rotatable bonds is 5. The van der Waals surface area contributed by atoms with Gasteiger partial charge in [-0.1, -0.05) is 6.92 Å². The third kappa shape index (κ3) is 2.91. The highest BCUT2D eigenvalue weighted by Crippen LogP contribution is 2.36. The van der Waals surface area contributed by atoms with Crippen molar-refractivity contribution in [3.8, 4) is 0 Å². The van der Waals surface area contributed by atoms with Crippen molar-refractivity contribution >= 4 is 11.9 Å². The topological polar surface area (TPSA) is 64.6 Å². The number of nitrogens with one attached hydrogen (secondary N) is 1. The Morgan fingerprint density at radius 3 is 2.89 bits per heavy atom. The van der Waals surface area contributed by atoms with E-state index in [0.717, 1.165) is 19.3 Å². The molecule has 2 bridgehead atoms. The Morgan fingerprint density at radius 2 is 2.26 bits per heavy atom. The van der Waals surface area contributed by atoms with E-state index in [0.29, 0.717) is 6.42 Å². The second-order valence-corrected chi connectivity index (χ2v) is 5.55. The maximum Gasteiger partial charge on any atom is 0.310 e. The van der Waals surface area contributed by atoms with Crippen LogP contribution in [0.3, 0.4) is 0 Å². The van der Waals surface area contributed by atoms with Gasteiger partial charge in [-0.25, -0.2) is 0 Å². The van der Waals surface area contributed by atoms with Gasteiger partial charge in [0.05, 0.1) is 11.8 Å². The van der Waals surface area contributed by atoms with Crippen LogP contribution < -0.4 is 5.32 Å². The average Bonchev–Trinajstić information content (AvgIpc) is 2.70. The van der Waals surface area contributed by atoms with Crippen molar-refractivity contribution in [3.05, 3.63) is 0 Å². The molecule has 5 unspecified atom stereocenters. The van der Waals surface area contributed by atoms with Gasteiger partial charge in [0.1, 0.15) is 12.2 Å².